The zero-order valence-corrected chi connectivity index (χ0v) is 23.5. The van der Waals surface area contributed by atoms with E-state index in [-0.39, 0.29) is 11.3 Å². The molecule has 218 valence electrons. The van der Waals surface area contributed by atoms with Crippen LogP contribution in [0.5, 0.6) is 0 Å². The first-order chi connectivity index (χ1) is 19.6. The van der Waals surface area contributed by atoms with Gasteiger partial charge in [0.2, 0.25) is 0 Å². The van der Waals surface area contributed by atoms with Crippen molar-refractivity contribution >= 4 is 32.1 Å². The van der Waals surface area contributed by atoms with Crippen LogP contribution in [-0.2, 0) is 19.5 Å². The molecule has 11 nitrogen and oxygen atoms in total. The number of ether oxygens (including phenoxy) is 2. The van der Waals surface area contributed by atoms with Gasteiger partial charge in [0.25, 0.3) is 10.0 Å². The maximum absolute atomic E-state index is 13.0. The summed E-state index contributed by atoms with van der Waals surface area (Å²) in [6.07, 6.45) is -5.31. The molecule has 3 heterocycles. The molecule has 4 N–H and O–H groups in total. The fourth-order valence-corrected chi connectivity index (χ4v) is 6.22. The zero-order valence-electron chi connectivity index (χ0n) is 22.7. The van der Waals surface area contributed by atoms with Crippen molar-refractivity contribution in [3.05, 3.63) is 59.2 Å². The second-order valence-corrected chi connectivity index (χ2v) is 12.0. The summed E-state index contributed by atoms with van der Waals surface area (Å²) < 4.78 is 44.9. The lowest BCUT2D eigenvalue weighted by Gasteiger charge is -2.39. The third kappa shape index (κ3) is 6.02. The van der Waals surface area contributed by atoms with E-state index in [1.165, 1.54) is 13.8 Å². The third-order valence-electron chi connectivity index (χ3n) is 7.68. The second kappa shape index (κ2) is 11.9. The summed E-state index contributed by atoms with van der Waals surface area (Å²) in [4.78, 5) is 1.73. The van der Waals surface area contributed by atoms with Crippen LogP contribution in [0.25, 0.3) is 27.7 Å². The Labute approximate surface area is 238 Å². The predicted octanol–water partition coefficient (Wildman–Crippen LogP) is 2.19. The summed E-state index contributed by atoms with van der Waals surface area (Å²) in [6.45, 7) is 5.62. The first-order valence-corrected chi connectivity index (χ1v) is 14.8. The number of aliphatic hydroxyl groups excluding tert-OH is 3. The molecule has 2 aliphatic rings. The van der Waals surface area contributed by atoms with E-state index in [4.69, 9.17) is 13.9 Å². The van der Waals surface area contributed by atoms with Crippen molar-refractivity contribution in [3.8, 4) is 17.4 Å². The minimum absolute atomic E-state index is 0.0981. The summed E-state index contributed by atoms with van der Waals surface area (Å²) in [6, 6.07) is 17.2. The third-order valence-corrected chi connectivity index (χ3v) is 9.16. The Hall–Kier alpha value is -3.28. The van der Waals surface area contributed by atoms with Crippen LogP contribution < -0.4 is 9.62 Å². The first-order valence-electron chi connectivity index (χ1n) is 13.4. The number of hydrogen-bond donors (Lipinski definition) is 4. The molecule has 0 amide bonds. The van der Waals surface area contributed by atoms with E-state index in [1.54, 1.807) is 18.2 Å². The largest absolute Gasteiger partial charge is 0.456 e. The lowest BCUT2D eigenvalue weighted by Crippen LogP contribution is -2.56. The van der Waals surface area contributed by atoms with E-state index in [0.29, 0.717) is 19.0 Å². The minimum Gasteiger partial charge on any atom is -0.456 e. The van der Waals surface area contributed by atoms with Gasteiger partial charge in [-0.05, 0) is 48.0 Å². The van der Waals surface area contributed by atoms with Gasteiger partial charge in [0.1, 0.15) is 29.8 Å². The van der Waals surface area contributed by atoms with E-state index in [9.17, 15) is 29.0 Å². The van der Waals surface area contributed by atoms with Gasteiger partial charge in [-0.1, -0.05) is 25.1 Å². The number of furan rings is 1. The van der Waals surface area contributed by atoms with Gasteiger partial charge in [0.05, 0.1) is 19.3 Å². The number of morpholine rings is 1. The van der Waals surface area contributed by atoms with Crippen LogP contribution in [0.4, 0.5) is 5.69 Å². The Morgan fingerprint density at radius 3 is 2.49 bits per heavy atom. The Kier molecular flexibility index (Phi) is 8.49. The van der Waals surface area contributed by atoms with E-state index in [0.717, 1.165) is 35.1 Å². The van der Waals surface area contributed by atoms with Gasteiger partial charge in [0, 0.05) is 42.4 Å². The molecule has 5 rings (SSSR count). The smallest absolute Gasteiger partial charge is 0.251 e. The molecule has 12 heteroatoms. The van der Waals surface area contributed by atoms with Crippen LogP contribution in [-0.4, -0.2) is 81.2 Å². The van der Waals surface area contributed by atoms with Crippen molar-refractivity contribution < 1.29 is 37.6 Å². The number of nitrogens with zero attached hydrogens (tertiary/aromatic N) is 2. The zero-order chi connectivity index (χ0) is 29.3. The average molecular weight is 584 g/mol. The number of rotatable bonds is 7. The lowest BCUT2D eigenvalue weighted by molar-refractivity contribution is -0.257. The number of nitrogens with one attached hydrogen (secondary N) is 1. The molecular weight excluding hydrogens is 550 g/mol. The topological polar surface area (TPSA) is 165 Å². The Morgan fingerprint density at radius 2 is 1.76 bits per heavy atom. The number of aliphatic hydroxyl groups is 3. The highest BCUT2D eigenvalue weighted by Gasteiger charge is 2.42. The number of nitriles is 1. The van der Waals surface area contributed by atoms with Crippen molar-refractivity contribution in [2.75, 3.05) is 37.7 Å². The van der Waals surface area contributed by atoms with E-state index >= 15 is 0 Å². The monoisotopic (exact) mass is 583 g/mol. The molecule has 3 aromatic rings. The van der Waals surface area contributed by atoms with Gasteiger partial charge >= 0.3 is 0 Å². The number of hydrogen-bond acceptors (Lipinski definition) is 10. The molecule has 1 unspecified atom stereocenters. The van der Waals surface area contributed by atoms with Gasteiger partial charge in [-0.2, -0.15) is 5.26 Å². The number of anilines is 1. The van der Waals surface area contributed by atoms with Gasteiger partial charge < -0.3 is 34.1 Å². The molecule has 2 saturated heterocycles. The standard InChI is InChI=1S/C29H33N3O8S/c1-17(26(15-30)41(36,37)31-16-25-28(34)27(33)18(2)29(35)40-25)23-7-8-24(39-23)21-4-3-20-14-22(6-5-19(20)13-21)32-9-11-38-12-10-32/h3-8,13-14,18,25,27-29,31,33-35H,9-12,16H2,1-2H3/b26-17+/t18-,25-,27-,28-,29?/m1/s1. The molecule has 0 bridgehead atoms. The number of fused-ring (bicyclic) bond motifs is 1. The quantitative estimate of drug-likeness (QED) is 0.303. The highest BCUT2D eigenvalue weighted by Crippen LogP contribution is 2.32. The summed E-state index contributed by atoms with van der Waals surface area (Å²) in [5.74, 6) is -0.0340. The summed E-state index contributed by atoms with van der Waals surface area (Å²) in [5, 5.41) is 42.1. The fourth-order valence-electron chi connectivity index (χ4n) is 5.07. The van der Waals surface area contributed by atoms with Crippen molar-refractivity contribution in [1.29, 1.82) is 5.26 Å². The van der Waals surface area contributed by atoms with E-state index in [2.05, 4.69) is 27.8 Å². The van der Waals surface area contributed by atoms with Crippen LogP contribution in [0.2, 0.25) is 0 Å². The highest BCUT2D eigenvalue weighted by atomic mass is 32.2. The summed E-state index contributed by atoms with van der Waals surface area (Å²) in [5.41, 5.74) is 2.03. The molecule has 0 radical (unpaired) electrons. The number of allylic oxidation sites excluding steroid dienone is 2. The summed E-state index contributed by atoms with van der Waals surface area (Å²) in [7, 11) is -4.35. The first kappa shape index (κ1) is 29.2. The van der Waals surface area contributed by atoms with E-state index < -0.39 is 52.0 Å². The van der Waals surface area contributed by atoms with Crippen LogP contribution in [0.1, 0.15) is 19.6 Å². The minimum atomic E-state index is -4.35. The molecule has 0 saturated carbocycles. The molecule has 5 atom stereocenters. The Morgan fingerprint density at radius 1 is 1.05 bits per heavy atom. The molecular formula is C29H33N3O8S. The SMILES string of the molecule is C/C(=C(/C#N)S(=O)(=O)NC[C@H]1OC(O)[C@H](C)[C@@H](O)[C@@H]1O)c1ccc(-c2ccc3cc(N4CCOCC4)ccc3c2)o1. The second-order valence-electron chi connectivity index (χ2n) is 10.3. The van der Waals surface area contributed by atoms with Crippen LogP contribution >= 0.6 is 0 Å². The van der Waals surface area contributed by atoms with Gasteiger partial charge in [-0.15, -0.1) is 0 Å². The Bertz CT molecular complexity index is 1590. The molecule has 0 aliphatic carbocycles. The van der Waals surface area contributed by atoms with Gasteiger partial charge in [-0.25, -0.2) is 13.1 Å². The average Bonchev–Trinajstić information content (AvgIpc) is 3.48. The fraction of sp³-hybridized carbons (Fsp3) is 0.414. The number of benzene rings is 2. The molecule has 41 heavy (non-hydrogen) atoms. The van der Waals surface area contributed by atoms with Crippen molar-refractivity contribution in [3.63, 3.8) is 0 Å². The molecule has 2 fully saturated rings. The molecule has 1 aromatic heterocycles. The van der Waals surface area contributed by atoms with Gasteiger partial charge in [-0.3, -0.25) is 0 Å². The lowest BCUT2D eigenvalue weighted by atomic mass is 9.92. The van der Waals surface area contributed by atoms with Crippen LogP contribution in [0.15, 0.2) is 57.9 Å². The maximum atomic E-state index is 13.0. The molecule has 0 spiro atoms. The summed E-state index contributed by atoms with van der Waals surface area (Å²) >= 11 is 0. The maximum Gasteiger partial charge on any atom is 0.251 e. The molecule has 2 aromatic carbocycles. The predicted molar refractivity (Wildman–Crippen MR) is 152 cm³/mol. The van der Waals surface area contributed by atoms with Crippen LogP contribution in [0, 0.1) is 17.2 Å². The number of sulfonamides is 1. The van der Waals surface area contributed by atoms with Gasteiger partial charge in [0.15, 0.2) is 11.2 Å². The molecule has 2 aliphatic heterocycles. The van der Waals surface area contributed by atoms with Crippen molar-refractivity contribution in [1.82, 2.24) is 4.72 Å². The Balaban J connectivity index is 1.33. The van der Waals surface area contributed by atoms with Crippen molar-refractivity contribution in [2.24, 2.45) is 5.92 Å². The normalized spacial score (nSPS) is 26.0. The highest BCUT2D eigenvalue weighted by molar-refractivity contribution is 7.93. The van der Waals surface area contributed by atoms with E-state index in [1.807, 2.05) is 18.2 Å². The van der Waals surface area contributed by atoms with Crippen LogP contribution in [0.3, 0.4) is 0 Å². The van der Waals surface area contributed by atoms with Crippen molar-refractivity contribution in [2.45, 2.75) is 38.4 Å².